The summed E-state index contributed by atoms with van der Waals surface area (Å²) >= 11 is 1.47. The summed E-state index contributed by atoms with van der Waals surface area (Å²) in [6.45, 7) is -0.994. The molecule has 2 amide bonds. The maximum atomic E-state index is 12.6. The molecule has 0 bridgehead atoms. The lowest BCUT2D eigenvalue weighted by atomic mass is 10.0. The van der Waals surface area contributed by atoms with E-state index in [2.05, 4.69) is 5.32 Å². The second-order valence-corrected chi connectivity index (χ2v) is 6.93. The zero-order valence-electron chi connectivity index (χ0n) is 14.6. The van der Waals surface area contributed by atoms with Gasteiger partial charge in [0.25, 0.3) is 0 Å². The van der Waals surface area contributed by atoms with Crippen molar-refractivity contribution in [3.63, 3.8) is 0 Å². The molecule has 2 N–H and O–H groups in total. The number of nitrogens with one attached hydrogen (secondary N) is 1. The van der Waals surface area contributed by atoms with Gasteiger partial charge in [0.1, 0.15) is 25.4 Å². The quantitative estimate of drug-likeness (QED) is 0.687. The summed E-state index contributed by atoms with van der Waals surface area (Å²) in [4.78, 5) is 48.6. The molecule has 1 aliphatic rings. The van der Waals surface area contributed by atoms with E-state index in [1.165, 1.54) is 16.2 Å². The van der Waals surface area contributed by atoms with Crippen LogP contribution in [0.1, 0.15) is 31.2 Å². The van der Waals surface area contributed by atoms with E-state index in [1.807, 2.05) is 16.8 Å². The summed E-state index contributed by atoms with van der Waals surface area (Å²) in [5, 5.41) is 14.8. The second kappa shape index (κ2) is 10.0. The summed E-state index contributed by atoms with van der Waals surface area (Å²) in [5.41, 5.74) is 0.835. The Labute approximate surface area is 159 Å². The van der Waals surface area contributed by atoms with Crippen molar-refractivity contribution in [3.8, 4) is 0 Å². The lowest BCUT2D eigenvalue weighted by Crippen LogP contribution is -2.55. The van der Waals surface area contributed by atoms with Crippen molar-refractivity contribution in [2.45, 2.75) is 44.4 Å². The Morgan fingerprint density at radius 1 is 1.37 bits per heavy atom. The number of hydrogen-bond acceptors (Lipinski definition) is 6. The predicted molar refractivity (Wildman–Crippen MR) is 94.0 cm³/mol. The fourth-order valence-electron chi connectivity index (χ4n) is 2.81. The Bertz CT molecular complexity index is 681. The number of likely N-dealkylation sites (tertiary alicyclic amines) is 1. The predicted octanol–water partition coefficient (Wildman–Crippen LogP) is 1.74. The molecule has 2 unspecified atom stereocenters. The van der Waals surface area contributed by atoms with Gasteiger partial charge in [-0.1, -0.05) is 0 Å². The highest BCUT2D eigenvalue weighted by Gasteiger charge is 2.35. The van der Waals surface area contributed by atoms with Crippen molar-refractivity contribution in [2.24, 2.45) is 0 Å². The highest BCUT2D eigenvalue weighted by atomic mass is 32.1. The highest BCUT2D eigenvalue weighted by molar-refractivity contribution is 7.07. The molecule has 1 aromatic heterocycles. The number of rotatable bonds is 8. The van der Waals surface area contributed by atoms with Crippen LogP contribution in [-0.4, -0.2) is 59.1 Å². The molecule has 1 fully saturated rings. The molecule has 27 heavy (non-hydrogen) atoms. The summed E-state index contributed by atoms with van der Waals surface area (Å²) in [6.07, 6.45) is 0.353. The normalized spacial score (nSPS) is 17.8. The minimum absolute atomic E-state index is 0.0785. The standard InChI is InChI=1S/C17H21FN2O6S/c18-8-14(21)12(7-15(22)23)19-16(24)13-3-1-2-5-20(13)17(25)26-9-11-4-6-27-10-11/h4,6,10,12-13H,1-3,5,7-9H2,(H,19,24)(H,22,23). The van der Waals surface area contributed by atoms with Crippen molar-refractivity contribution >= 4 is 35.1 Å². The van der Waals surface area contributed by atoms with Gasteiger partial charge in [0, 0.05) is 12.1 Å². The molecule has 0 aliphatic carbocycles. The zero-order chi connectivity index (χ0) is 19.8. The monoisotopic (exact) mass is 400 g/mol. The van der Waals surface area contributed by atoms with E-state index in [-0.39, 0.29) is 6.61 Å². The zero-order valence-corrected chi connectivity index (χ0v) is 15.4. The number of nitrogens with zero attached hydrogens (tertiary/aromatic N) is 1. The number of amides is 2. The van der Waals surface area contributed by atoms with Gasteiger partial charge < -0.3 is 15.2 Å². The van der Waals surface area contributed by atoms with Crippen LogP contribution in [-0.2, 0) is 25.7 Å². The number of halogens is 1. The van der Waals surface area contributed by atoms with Crippen molar-refractivity contribution in [2.75, 3.05) is 13.2 Å². The average molecular weight is 400 g/mol. The van der Waals surface area contributed by atoms with Crippen LogP contribution in [0.3, 0.4) is 0 Å². The highest BCUT2D eigenvalue weighted by Crippen LogP contribution is 2.19. The number of aliphatic carboxylic acids is 1. The number of thiophene rings is 1. The van der Waals surface area contributed by atoms with E-state index < -0.39 is 48.9 Å². The number of alkyl halides is 1. The Morgan fingerprint density at radius 3 is 2.78 bits per heavy atom. The number of carboxylic acid groups (broad SMARTS) is 1. The van der Waals surface area contributed by atoms with Crippen LogP contribution in [0, 0.1) is 0 Å². The Balaban J connectivity index is 2.01. The van der Waals surface area contributed by atoms with Crippen molar-refractivity contribution < 1.29 is 33.4 Å². The Kier molecular flexibility index (Phi) is 7.71. The van der Waals surface area contributed by atoms with Crippen LogP contribution in [0.25, 0.3) is 0 Å². The van der Waals surface area contributed by atoms with Gasteiger partial charge in [-0.25, -0.2) is 9.18 Å². The first-order valence-electron chi connectivity index (χ1n) is 8.47. The van der Waals surface area contributed by atoms with Crippen LogP contribution in [0.5, 0.6) is 0 Å². The van der Waals surface area contributed by atoms with Gasteiger partial charge in [-0.05, 0) is 36.1 Å². The molecule has 0 radical (unpaired) electrons. The van der Waals surface area contributed by atoms with Gasteiger partial charge in [0.15, 0.2) is 5.78 Å². The molecule has 8 nitrogen and oxygen atoms in total. The Morgan fingerprint density at radius 2 is 2.15 bits per heavy atom. The first-order valence-corrected chi connectivity index (χ1v) is 9.42. The molecule has 10 heteroatoms. The van der Waals surface area contributed by atoms with E-state index in [1.54, 1.807) is 0 Å². The van der Waals surface area contributed by atoms with Gasteiger partial charge in [0.05, 0.1) is 6.42 Å². The average Bonchev–Trinajstić information content (AvgIpc) is 3.18. The maximum Gasteiger partial charge on any atom is 0.410 e. The number of hydrogen-bond donors (Lipinski definition) is 2. The van der Waals surface area contributed by atoms with E-state index in [4.69, 9.17) is 9.84 Å². The lowest BCUT2D eigenvalue weighted by Gasteiger charge is -2.34. The first kappa shape index (κ1) is 20.8. The van der Waals surface area contributed by atoms with Crippen LogP contribution >= 0.6 is 11.3 Å². The number of carboxylic acids is 1. The molecule has 1 saturated heterocycles. The minimum Gasteiger partial charge on any atom is -0.481 e. The molecule has 1 aliphatic heterocycles. The molecule has 0 saturated carbocycles. The van der Waals surface area contributed by atoms with Gasteiger partial charge in [0.2, 0.25) is 5.91 Å². The number of Topliss-reactive ketones (excluding diaryl/α,β-unsaturated/α-hetero) is 1. The molecule has 0 aromatic carbocycles. The SMILES string of the molecule is O=C(O)CC(NC(=O)C1CCCCN1C(=O)OCc1ccsc1)C(=O)CF. The number of ether oxygens (including phenoxy) is 1. The molecule has 1 aromatic rings. The maximum absolute atomic E-state index is 12.6. The van der Waals surface area contributed by atoms with E-state index in [9.17, 15) is 23.6 Å². The van der Waals surface area contributed by atoms with Gasteiger partial charge in [-0.2, -0.15) is 11.3 Å². The van der Waals surface area contributed by atoms with Crippen LogP contribution in [0.4, 0.5) is 9.18 Å². The topological polar surface area (TPSA) is 113 Å². The number of ketones is 1. The third-order valence-corrected chi connectivity index (χ3v) is 4.93. The molecule has 2 heterocycles. The summed E-state index contributed by atoms with van der Waals surface area (Å²) in [7, 11) is 0. The summed E-state index contributed by atoms with van der Waals surface area (Å²) in [6, 6.07) is -0.541. The van der Waals surface area contributed by atoms with Crippen molar-refractivity contribution in [1.82, 2.24) is 10.2 Å². The summed E-state index contributed by atoms with van der Waals surface area (Å²) < 4.78 is 17.9. The van der Waals surface area contributed by atoms with Gasteiger partial charge >= 0.3 is 12.1 Å². The van der Waals surface area contributed by atoms with E-state index in [0.717, 1.165) is 5.56 Å². The van der Waals surface area contributed by atoms with E-state index in [0.29, 0.717) is 25.8 Å². The van der Waals surface area contributed by atoms with Crippen LogP contribution in [0.2, 0.25) is 0 Å². The third kappa shape index (κ3) is 6.02. The lowest BCUT2D eigenvalue weighted by molar-refractivity contribution is -0.140. The second-order valence-electron chi connectivity index (χ2n) is 6.15. The van der Waals surface area contributed by atoms with Crippen LogP contribution < -0.4 is 5.32 Å². The number of piperidine rings is 1. The fraction of sp³-hybridized carbons (Fsp3) is 0.529. The third-order valence-electron chi connectivity index (χ3n) is 4.20. The fourth-order valence-corrected chi connectivity index (χ4v) is 3.46. The first-order chi connectivity index (χ1) is 12.9. The largest absolute Gasteiger partial charge is 0.481 e. The van der Waals surface area contributed by atoms with Gasteiger partial charge in [-0.15, -0.1) is 0 Å². The minimum atomic E-state index is -1.47. The molecule has 2 atom stereocenters. The molecule has 2 rings (SSSR count). The number of carbonyl (C=O) groups excluding carboxylic acids is 3. The smallest absolute Gasteiger partial charge is 0.410 e. The molecule has 148 valence electrons. The van der Waals surface area contributed by atoms with Crippen LogP contribution in [0.15, 0.2) is 16.8 Å². The van der Waals surface area contributed by atoms with Crippen molar-refractivity contribution in [3.05, 3.63) is 22.4 Å². The van der Waals surface area contributed by atoms with E-state index >= 15 is 0 Å². The molecule has 0 spiro atoms. The Hall–Kier alpha value is -2.49. The number of carbonyl (C=O) groups is 4. The molecular formula is C17H21FN2O6S. The summed E-state index contributed by atoms with van der Waals surface area (Å²) in [5.74, 6) is -3.04. The van der Waals surface area contributed by atoms with Crippen molar-refractivity contribution in [1.29, 1.82) is 0 Å². The molecular weight excluding hydrogens is 379 g/mol. The van der Waals surface area contributed by atoms with Gasteiger partial charge in [-0.3, -0.25) is 19.3 Å².